The van der Waals surface area contributed by atoms with Gasteiger partial charge in [-0.15, -0.1) is 12.4 Å². The SMILES string of the molecule is Cl.NC1=NC(c2ccc(N3CCOCC3)cc2)C2=C(N1)c1ccc(Br)cc1CC2. The first kappa shape index (κ1) is 20.3. The molecule has 0 amide bonds. The van der Waals surface area contributed by atoms with Gasteiger partial charge in [-0.2, -0.15) is 0 Å². The van der Waals surface area contributed by atoms with Gasteiger partial charge in [0.15, 0.2) is 5.96 Å². The molecule has 2 heterocycles. The Labute approximate surface area is 185 Å². The number of halogens is 2. The number of nitrogens with one attached hydrogen (secondary N) is 1. The Kier molecular flexibility index (Phi) is 5.86. The number of aliphatic imine (C=N–C) groups is 1. The highest BCUT2D eigenvalue weighted by Crippen LogP contribution is 2.41. The van der Waals surface area contributed by atoms with Crippen molar-refractivity contribution in [2.45, 2.75) is 18.9 Å². The van der Waals surface area contributed by atoms with Crippen LogP contribution in [0.2, 0.25) is 0 Å². The summed E-state index contributed by atoms with van der Waals surface area (Å²) in [7, 11) is 0. The quantitative estimate of drug-likeness (QED) is 0.688. The third kappa shape index (κ3) is 3.89. The molecule has 1 fully saturated rings. The van der Waals surface area contributed by atoms with Crippen LogP contribution in [0.25, 0.3) is 5.70 Å². The minimum absolute atomic E-state index is 0. The number of fused-ring (bicyclic) bond motifs is 2. The largest absolute Gasteiger partial charge is 0.378 e. The number of rotatable bonds is 2. The number of hydrogen-bond acceptors (Lipinski definition) is 5. The van der Waals surface area contributed by atoms with E-state index in [0.29, 0.717) is 5.96 Å². The van der Waals surface area contributed by atoms with E-state index in [1.807, 2.05) is 0 Å². The summed E-state index contributed by atoms with van der Waals surface area (Å²) in [5, 5.41) is 3.33. The molecule has 1 saturated heterocycles. The molecule has 0 radical (unpaired) electrons. The smallest absolute Gasteiger partial charge is 0.194 e. The molecule has 5 rings (SSSR count). The van der Waals surface area contributed by atoms with Crippen molar-refractivity contribution in [1.29, 1.82) is 0 Å². The first-order chi connectivity index (χ1) is 13.7. The zero-order valence-corrected chi connectivity index (χ0v) is 18.4. The number of ether oxygens (including phenoxy) is 1. The molecule has 5 nitrogen and oxygen atoms in total. The number of guanidine groups is 1. The van der Waals surface area contributed by atoms with Crippen molar-refractivity contribution in [3.63, 3.8) is 0 Å². The minimum Gasteiger partial charge on any atom is -0.378 e. The fourth-order valence-corrected chi connectivity index (χ4v) is 4.75. The second-order valence-electron chi connectivity index (χ2n) is 7.43. The van der Waals surface area contributed by atoms with Gasteiger partial charge >= 0.3 is 0 Å². The number of benzene rings is 2. The second kappa shape index (κ2) is 8.38. The lowest BCUT2D eigenvalue weighted by Crippen LogP contribution is -2.37. The van der Waals surface area contributed by atoms with Crippen molar-refractivity contribution >= 4 is 45.7 Å². The molecule has 0 bridgehead atoms. The third-order valence-corrected chi connectivity index (χ3v) is 6.25. The molecule has 2 aromatic carbocycles. The van der Waals surface area contributed by atoms with Gasteiger partial charge in [0.05, 0.1) is 18.9 Å². The van der Waals surface area contributed by atoms with E-state index in [1.165, 1.54) is 28.0 Å². The summed E-state index contributed by atoms with van der Waals surface area (Å²) in [6.07, 6.45) is 2.01. The molecule has 1 atom stereocenters. The van der Waals surface area contributed by atoms with Crippen LogP contribution in [0.3, 0.4) is 0 Å². The summed E-state index contributed by atoms with van der Waals surface area (Å²) in [5.74, 6) is 0.483. The van der Waals surface area contributed by atoms with E-state index in [0.717, 1.165) is 49.3 Å². The number of nitrogens with zero attached hydrogens (tertiary/aromatic N) is 2. The average Bonchev–Trinajstić information content (AvgIpc) is 2.73. The summed E-state index contributed by atoms with van der Waals surface area (Å²) in [6.45, 7) is 3.48. The van der Waals surface area contributed by atoms with Gasteiger partial charge < -0.3 is 20.7 Å². The van der Waals surface area contributed by atoms with E-state index < -0.39 is 0 Å². The molecule has 152 valence electrons. The van der Waals surface area contributed by atoms with Gasteiger partial charge in [0.2, 0.25) is 0 Å². The summed E-state index contributed by atoms with van der Waals surface area (Å²) < 4.78 is 6.57. The molecular formula is C22H24BrClN4O. The van der Waals surface area contributed by atoms with Crippen LogP contribution in [0.15, 0.2) is 57.5 Å². The van der Waals surface area contributed by atoms with Crippen molar-refractivity contribution in [3.05, 3.63) is 69.2 Å². The van der Waals surface area contributed by atoms with E-state index in [2.05, 4.69) is 68.6 Å². The second-order valence-corrected chi connectivity index (χ2v) is 8.35. The number of aryl methyl sites for hydroxylation is 1. The minimum atomic E-state index is -0.0215. The van der Waals surface area contributed by atoms with Crippen LogP contribution in [-0.2, 0) is 11.2 Å². The zero-order valence-electron chi connectivity index (χ0n) is 16.0. The lowest BCUT2D eigenvalue weighted by atomic mass is 9.83. The van der Waals surface area contributed by atoms with Crippen LogP contribution in [0.1, 0.15) is 29.2 Å². The number of hydrogen-bond donors (Lipinski definition) is 2. The molecule has 0 aromatic heterocycles. The Morgan fingerprint density at radius 2 is 1.83 bits per heavy atom. The van der Waals surface area contributed by atoms with E-state index in [4.69, 9.17) is 15.5 Å². The van der Waals surface area contributed by atoms with E-state index in [1.54, 1.807) is 0 Å². The molecule has 3 aliphatic rings. The maximum absolute atomic E-state index is 6.18. The summed E-state index contributed by atoms with van der Waals surface area (Å²) >= 11 is 3.58. The highest BCUT2D eigenvalue weighted by atomic mass is 79.9. The normalized spacial score (nSPS) is 20.8. The molecule has 29 heavy (non-hydrogen) atoms. The maximum atomic E-state index is 6.18. The molecular weight excluding hydrogens is 452 g/mol. The average molecular weight is 476 g/mol. The van der Waals surface area contributed by atoms with Crippen LogP contribution in [0, 0.1) is 0 Å². The van der Waals surface area contributed by atoms with Crippen molar-refractivity contribution in [1.82, 2.24) is 5.32 Å². The number of morpholine rings is 1. The Morgan fingerprint density at radius 1 is 1.07 bits per heavy atom. The van der Waals surface area contributed by atoms with E-state index in [-0.39, 0.29) is 18.4 Å². The fraction of sp³-hybridized carbons (Fsp3) is 0.318. The highest BCUT2D eigenvalue weighted by molar-refractivity contribution is 9.10. The fourth-order valence-electron chi connectivity index (χ4n) is 4.34. The lowest BCUT2D eigenvalue weighted by molar-refractivity contribution is 0.122. The Bertz CT molecular complexity index is 967. The molecule has 0 spiro atoms. The van der Waals surface area contributed by atoms with Gasteiger partial charge in [0, 0.05) is 28.8 Å². The van der Waals surface area contributed by atoms with Gasteiger partial charge in [-0.1, -0.05) is 34.1 Å². The van der Waals surface area contributed by atoms with Crippen LogP contribution in [-0.4, -0.2) is 32.3 Å². The number of nitrogens with two attached hydrogens (primary N) is 1. The highest BCUT2D eigenvalue weighted by Gasteiger charge is 2.29. The van der Waals surface area contributed by atoms with E-state index in [9.17, 15) is 0 Å². The third-order valence-electron chi connectivity index (χ3n) is 5.76. The zero-order chi connectivity index (χ0) is 19.1. The molecule has 2 aliphatic heterocycles. The summed E-state index contributed by atoms with van der Waals surface area (Å²) in [6, 6.07) is 15.2. The molecule has 7 heteroatoms. The summed E-state index contributed by atoms with van der Waals surface area (Å²) in [4.78, 5) is 7.12. The Balaban J connectivity index is 0.00000205. The topological polar surface area (TPSA) is 62.9 Å². The molecule has 2 aromatic rings. The van der Waals surface area contributed by atoms with Gasteiger partial charge in [0.1, 0.15) is 6.04 Å². The predicted octanol–water partition coefficient (Wildman–Crippen LogP) is 4.02. The van der Waals surface area contributed by atoms with Crippen molar-refractivity contribution in [3.8, 4) is 0 Å². The Hall–Kier alpha value is -2.02. The van der Waals surface area contributed by atoms with Gasteiger partial charge in [0.25, 0.3) is 0 Å². The standard InChI is InChI=1S/C22H23BrN4O.ClH/c23-16-4-8-18-15(13-16)3-7-19-20(25-22(24)26-21(18)19)14-1-5-17(6-2-14)27-9-11-28-12-10-27;/h1-2,4-6,8,13,20H,3,7,9-12H2,(H3,24,25,26);1H. The van der Waals surface area contributed by atoms with Gasteiger partial charge in [-0.3, -0.25) is 0 Å². The van der Waals surface area contributed by atoms with Crippen molar-refractivity contribution < 1.29 is 4.74 Å². The first-order valence-electron chi connectivity index (χ1n) is 9.74. The van der Waals surface area contributed by atoms with Crippen LogP contribution >= 0.6 is 28.3 Å². The van der Waals surface area contributed by atoms with E-state index >= 15 is 0 Å². The Morgan fingerprint density at radius 3 is 2.59 bits per heavy atom. The maximum Gasteiger partial charge on any atom is 0.194 e. The first-order valence-corrected chi connectivity index (χ1v) is 10.5. The molecule has 0 saturated carbocycles. The molecule has 1 aliphatic carbocycles. The van der Waals surface area contributed by atoms with Crippen LogP contribution < -0.4 is 16.0 Å². The van der Waals surface area contributed by atoms with Crippen molar-refractivity contribution in [2.75, 3.05) is 31.2 Å². The van der Waals surface area contributed by atoms with Crippen LogP contribution in [0.4, 0.5) is 5.69 Å². The predicted molar refractivity (Wildman–Crippen MR) is 124 cm³/mol. The summed E-state index contributed by atoms with van der Waals surface area (Å²) in [5.41, 5.74) is 13.6. The number of anilines is 1. The van der Waals surface area contributed by atoms with Gasteiger partial charge in [-0.05, 0) is 53.8 Å². The van der Waals surface area contributed by atoms with Crippen molar-refractivity contribution in [2.24, 2.45) is 10.7 Å². The van der Waals surface area contributed by atoms with Crippen LogP contribution in [0.5, 0.6) is 0 Å². The monoisotopic (exact) mass is 474 g/mol. The van der Waals surface area contributed by atoms with Gasteiger partial charge in [-0.25, -0.2) is 4.99 Å². The molecule has 1 unspecified atom stereocenters. The lowest BCUT2D eigenvalue weighted by Gasteiger charge is -2.32. The molecule has 3 N–H and O–H groups in total.